The molecule has 3 aliphatic rings. The minimum Gasteiger partial charge on any atom is -0.377 e. The Morgan fingerprint density at radius 1 is 1.32 bits per heavy atom. The smallest absolute Gasteiger partial charge is 0.189 e. The fourth-order valence-electron chi connectivity index (χ4n) is 4.40. The average Bonchev–Trinajstić information content (AvgIpc) is 2.92. The third kappa shape index (κ3) is 2.14. The number of fused-ring (bicyclic) bond motifs is 2. The topological polar surface area (TPSA) is 59.6 Å². The number of hydrogen-bond acceptors (Lipinski definition) is 2. The number of guanidine groups is 1. The summed E-state index contributed by atoms with van der Waals surface area (Å²) in [5.41, 5.74) is 6.39. The molecule has 0 aromatic carbocycles. The molecule has 4 nitrogen and oxygen atoms in total. The SMILES string of the molecule is CC(C)(C)NC(N)=NC1C2CCOC2C12CCCC2. The maximum Gasteiger partial charge on any atom is 0.189 e. The number of nitrogens with zero attached hydrogens (tertiary/aromatic N) is 1. The first-order valence-corrected chi connectivity index (χ1v) is 7.65. The fraction of sp³-hybridized carbons (Fsp3) is 0.933. The molecule has 3 rings (SSSR count). The van der Waals surface area contributed by atoms with Crippen LogP contribution in [0, 0.1) is 11.3 Å². The lowest BCUT2D eigenvalue weighted by atomic mass is 9.54. The molecule has 1 spiro atoms. The number of nitrogens with two attached hydrogens (primary N) is 1. The van der Waals surface area contributed by atoms with E-state index < -0.39 is 0 Å². The summed E-state index contributed by atoms with van der Waals surface area (Å²) < 4.78 is 5.97. The summed E-state index contributed by atoms with van der Waals surface area (Å²) in [7, 11) is 0. The van der Waals surface area contributed by atoms with Crippen LogP contribution >= 0.6 is 0 Å². The molecule has 19 heavy (non-hydrogen) atoms. The van der Waals surface area contributed by atoms with Crippen molar-refractivity contribution in [3.63, 3.8) is 0 Å². The highest BCUT2D eigenvalue weighted by atomic mass is 16.5. The number of rotatable bonds is 1. The van der Waals surface area contributed by atoms with Crippen molar-refractivity contribution in [1.29, 1.82) is 0 Å². The van der Waals surface area contributed by atoms with E-state index in [1.165, 1.54) is 25.7 Å². The third-order valence-electron chi connectivity index (χ3n) is 5.01. The minimum absolute atomic E-state index is 0.0221. The molecule has 3 unspecified atom stereocenters. The van der Waals surface area contributed by atoms with Gasteiger partial charge in [-0.3, -0.25) is 0 Å². The maximum absolute atomic E-state index is 6.10. The highest BCUT2D eigenvalue weighted by Gasteiger charge is 2.65. The minimum atomic E-state index is -0.0221. The highest BCUT2D eigenvalue weighted by Crippen LogP contribution is 2.61. The second-order valence-electron chi connectivity index (χ2n) is 7.52. The standard InChI is InChI=1S/C15H27N3O/c1-14(2,3)18-13(16)17-11-10-6-9-19-12(10)15(11)7-4-5-8-15/h10-12H,4-9H2,1-3H3,(H3,16,17,18). The zero-order valence-corrected chi connectivity index (χ0v) is 12.4. The van der Waals surface area contributed by atoms with Crippen LogP contribution < -0.4 is 11.1 Å². The van der Waals surface area contributed by atoms with Crippen molar-refractivity contribution < 1.29 is 4.74 Å². The van der Waals surface area contributed by atoms with Gasteiger partial charge in [-0.15, -0.1) is 0 Å². The van der Waals surface area contributed by atoms with Gasteiger partial charge in [0.1, 0.15) is 0 Å². The van der Waals surface area contributed by atoms with Gasteiger partial charge in [0.05, 0.1) is 12.1 Å². The predicted octanol–water partition coefficient (Wildman–Crippen LogP) is 2.04. The first kappa shape index (κ1) is 13.2. The average molecular weight is 265 g/mol. The second-order valence-corrected chi connectivity index (χ2v) is 7.52. The Morgan fingerprint density at radius 2 is 2.00 bits per heavy atom. The summed E-state index contributed by atoms with van der Waals surface area (Å²) in [6, 6.07) is 0.386. The zero-order valence-electron chi connectivity index (χ0n) is 12.4. The van der Waals surface area contributed by atoms with Gasteiger partial charge in [-0.1, -0.05) is 12.8 Å². The van der Waals surface area contributed by atoms with Crippen molar-refractivity contribution in [2.75, 3.05) is 6.61 Å². The van der Waals surface area contributed by atoms with E-state index in [2.05, 4.69) is 26.1 Å². The molecule has 0 aromatic heterocycles. The van der Waals surface area contributed by atoms with E-state index >= 15 is 0 Å². The van der Waals surface area contributed by atoms with Gasteiger partial charge in [0.25, 0.3) is 0 Å². The van der Waals surface area contributed by atoms with E-state index in [0.717, 1.165) is 13.0 Å². The van der Waals surface area contributed by atoms with Gasteiger partial charge in [-0.05, 0) is 40.0 Å². The Morgan fingerprint density at radius 3 is 2.63 bits per heavy atom. The van der Waals surface area contributed by atoms with Crippen molar-refractivity contribution in [3.8, 4) is 0 Å². The molecule has 1 saturated heterocycles. The quantitative estimate of drug-likeness (QED) is 0.563. The summed E-state index contributed by atoms with van der Waals surface area (Å²) in [6.45, 7) is 7.25. The molecule has 0 aromatic rings. The van der Waals surface area contributed by atoms with Crippen LogP contribution in [0.2, 0.25) is 0 Å². The van der Waals surface area contributed by atoms with E-state index in [1.807, 2.05) is 0 Å². The summed E-state index contributed by atoms with van der Waals surface area (Å²) in [5, 5.41) is 3.29. The highest BCUT2D eigenvalue weighted by molar-refractivity contribution is 5.79. The Kier molecular flexibility index (Phi) is 3.04. The molecule has 2 aliphatic carbocycles. The summed E-state index contributed by atoms with van der Waals surface area (Å²) in [5.74, 6) is 1.22. The van der Waals surface area contributed by atoms with Crippen LogP contribution in [-0.4, -0.2) is 30.3 Å². The Hall–Kier alpha value is -0.770. The van der Waals surface area contributed by atoms with Crippen LogP contribution in [0.1, 0.15) is 52.9 Å². The fourth-order valence-corrected chi connectivity index (χ4v) is 4.40. The molecule has 3 N–H and O–H groups in total. The summed E-state index contributed by atoms with van der Waals surface area (Å²) in [6.07, 6.45) is 6.81. The van der Waals surface area contributed by atoms with E-state index in [4.69, 9.17) is 15.5 Å². The number of nitrogens with one attached hydrogen (secondary N) is 1. The molecule has 0 amide bonds. The zero-order chi connectivity index (χ0) is 13.7. The van der Waals surface area contributed by atoms with Gasteiger partial charge in [0.2, 0.25) is 0 Å². The number of ether oxygens (including phenoxy) is 1. The van der Waals surface area contributed by atoms with Gasteiger partial charge in [-0.2, -0.15) is 0 Å². The monoisotopic (exact) mass is 265 g/mol. The lowest BCUT2D eigenvalue weighted by Gasteiger charge is -2.54. The van der Waals surface area contributed by atoms with Crippen LogP contribution in [0.15, 0.2) is 4.99 Å². The third-order valence-corrected chi connectivity index (χ3v) is 5.01. The molecule has 2 saturated carbocycles. The summed E-state index contributed by atoms with van der Waals surface area (Å²) in [4.78, 5) is 4.85. The van der Waals surface area contributed by atoms with Crippen molar-refractivity contribution in [2.24, 2.45) is 22.1 Å². The van der Waals surface area contributed by atoms with Crippen LogP contribution in [0.5, 0.6) is 0 Å². The van der Waals surface area contributed by atoms with E-state index in [0.29, 0.717) is 29.4 Å². The van der Waals surface area contributed by atoms with Gasteiger partial charge in [0, 0.05) is 23.5 Å². The molecule has 3 atom stereocenters. The first-order chi connectivity index (χ1) is 8.92. The Balaban J connectivity index is 1.77. The van der Waals surface area contributed by atoms with Crippen LogP contribution in [0.3, 0.4) is 0 Å². The van der Waals surface area contributed by atoms with Gasteiger partial charge in [0.15, 0.2) is 5.96 Å². The van der Waals surface area contributed by atoms with Crippen LogP contribution in [0.25, 0.3) is 0 Å². The van der Waals surface area contributed by atoms with Crippen LogP contribution in [0.4, 0.5) is 0 Å². The van der Waals surface area contributed by atoms with E-state index in [9.17, 15) is 0 Å². The number of aliphatic imine (C=N–C) groups is 1. The van der Waals surface area contributed by atoms with Crippen LogP contribution in [-0.2, 0) is 4.74 Å². The lowest BCUT2D eigenvalue weighted by Crippen LogP contribution is -2.62. The maximum atomic E-state index is 6.10. The van der Waals surface area contributed by atoms with E-state index in [-0.39, 0.29) is 5.54 Å². The lowest BCUT2D eigenvalue weighted by molar-refractivity contribution is -0.117. The molecule has 3 fully saturated rings. The largest absolute Gasteiger partial charge is 0.377 e. The molecule has 1 heterocycles. The van der Waals surface area contributed by atoms with Gasteiger partial charge < -0.3 is 15.8 Å². The Labute approximate surface area is 116 Å². The predicted molar refractivity (Wildman–Crippen MR) is 77.0 cm³/mol. The molecule has 4 heteroatoms. The second kappa shape index (κ2) is 4.37. The van der Waals surface area contributed by atoms with Gasteiger partial charge >= 0.3 is 0 Å². The van der Waals surface area contributed by atoms with E-state index in [1.54, 1.807) is 0 Å². The van der Waals surface area contributed by atoms with Crippen molar-refractivity contribution in [2.45, 2.75) is 70.6 Å². The first-order valence-electron chi connectivity index (χ1n) is 7.65. The van der Waals surface area contributed by atoms with Gasteiger partial charge in [-0.25, -0.2) is 4.99 Å². The summed E-state index contributed by atoms with van der Waals surface area (Å²) >= 11 is 0. The van der Waals surface area contributed by atoms with Crippen molar-refractivity contribution >= 4 is 5.96 Å². The molecule has 0 bridgehead atoms. The molecular weight excluding hydrogens is 238 g/mol. The van der Waals surface area contributed by atoms with Crippen molar-refractivity contribution in [3.05, 3.63) is 0 Å². The molecular formula is C15H27N3O. The normalized spacial score (nSPS) is 37.2. The Bertz CT molecular complexity index is 379. The molecule has 108 valence electrons. The molecule has 1 aliphatic heterocycles. The molecule has 0 radical (unpaired) electrons. The van der Waals surface area contributed by atoms with Crippen molar-refractivity contribution in [1.82, 2.24) is 5.32 Å². The number of hydrogen-bond donors (Lipinski definition) is 2.